The fourth-order valence-electron chi connectivity index (χ4n) is 2.51. The molecule has 4 atom stereocenters. The van der Waals surface area contributed by atoms with Crippen LogP contribution in [0.25, 0.3) is 0 Å². The van der Waals surface area contributed by atoms with Crippen LogP contribution < -0.4 is 10.3 Å². The number of nitrogens with zero attached hydrogens (tertiary/aromatic N) is 1. The second kappa shape index (κ2) is 8.04. The monoisotopic (exact) mass is 321 g/mol. The van der Waals surface area contributed by atoms with E-state index in [1.165, 1.54) is 10.8 Å². The predicted molar refractivity (Wildman–Crippen MR) is 80.0 cm³/mol. The number of hydrogen-bond donors (Lipinski definition) is 3. The number of carbonyl (C=O) groups is 1. The topological polar surface area (TPSA) is 106 Å². The zero-order valence-corrected chi connectivity index (χ0v) is 12.7. The number of rotatable bonds is 7. The van der Waals surface area contributed by atoms with Crippen molar-refractivity contribution < 1.29 is 29.0 Å². The summed E-state index contributed by atoms with van der Waals surface area (Å²) in [5, 5.41) is 19.9. The number of ether oxygens (including phenoxy) is 2. The Kier molecular flexibility index (Phi) is 6.07. The Morgan fingerprint density at radius 2 is 2.35 bits per heavy atom. The zero-order chi connectivity index (χ0) is 16.8. The molecular formula is C16H21N2O5+. The van der Waals surface area contributed by atoms with E-state index in [4.69, 9.17) is 21.6 Å². The minimum Gasteiger partial charge on any atom is -0.394 e. The lowest BCUT2D eigenvalue weighted by molar-refractivity contribution is -0.765. The predicted octanol–water partition coefficient (Wildman–Crippen LogP) is -0.878. The maximum absolute atomic E-state index is 11.3. The molecule has 2 rings (SSSR count). The van der Waals surface area contributed by atoms with Crippen molar-refractivity contribution in [2.24, 2.45) is 5.73 Å². The van der Waals surface area contributed by atoms with Gasteiger partial charge in [0, 0.05) is 19.1 Å². The van der Waals surface area contributed by atoms with E-state index in [0.29, 0.717) is 25.0 Å². The van der Waals surface area contributed by atoms with Crippen molar-refractivity contribution in [1.29, 1.82) is 0 Å². The van der Waals surface area contributed by atoms with E-state index in [0.717, 1.165) is 0 Å². The molecule has 0 unspecified atom stereocenters. The molecule has 1 aliphatic rings. The molecule has 1 aromatic heterocycles. The molecule has 0 radical (unpaired) electrons. The summed E-state index contributed by atoms with van der Waals surface area (Å²) in [7, 11) is 0. The summed E-state index contributed by atoms with van der Waals surface area (Å²) in [5.74, 6) is 1.93. The van der Waals surface area contributed by atoms with Crippen LogP contribution in [-0.2, 0) is 9.47 Å². The van der Waals surface area contributed by atoms with Crippen LogP contribution in [0, 0.1) is 12.3 Å². The van der Waals surface area contributed by atoms with Crippen molar-refractivity contribution in [2.75, 3.05) is 13.2 Å². The lowest BCUT2D eigenvalue weighted by Gasteiger charge is -2.18. The molecule has 0 spiro atoms. The number of nitrogens with two attached hydrogens (primary N) is 1. The van der Waals surface area contributed by atoms with Crippen LogP contribution in [0.4, 0.5) is 0 Å². The van der Waals surface area contributed by atoms with Crippen LogP contribution in [0.1, 0.15) is 29.4 Å². The largest absolute Gasteiger partial charge is 0.394 e. The van der Waals surface area contributed by atoms with E-state index >= 15 is 0 Å². The molecule has 0 bridgehead atoms. The third-order valence-corrected chi connectivity index (χ3v) is 3.67. The summed E-state index contributed by atoms with van der Waals surface area (Å²) in [6.45, 7) is 0.0773. The first-order valence-corrected chi connectivity index (χ1v) is 7.38. The third-order valence-electron chi connectivity index (χ3n) is 3.67. The minimum absolute atomic E-state index is 0.288. The number of terminal acetylenes is 1. The standard InChI is InChI=1S/C16H20N2O5/c1-2-3-4-8-22-14-12(10-19)23-16(13(14)20)18-7-5-6-11(9-18)15(17)21/h1,5-7,9,12-14,16,19-20H,3-4,8,10H2,(H-,17,21)/p+1/t12-,13-,14-,16-/m1/s1. The number of amides is 1. The molecule has 1 aromatic rings. The minimum atomic E-state index is -0.994. The molecule has 0 saturated carbocycles. The van der Waals surface area contributed by atoms with Gasteiger partial charge in [0.15, 0.2) is 18.5 Å². The zero-order valence-electron chi connectivity index (χ0n) is 12.7. The summed E-state index contributed by atoms with van der Waals surface area (Å²) < 4.78 is 12.8. The van der Waals surface area contributed by atoms with E-state index in [-0.39, 0.29) is 6.61 Å². The van der Waals surface area contributed by atoms with Gasteiger partial charge in [-0.1, -0.05) is 0 Å². The number of aromatic nitrogens is 1. The molecule has 1 amide bonds. The van der Waals surface area contributed by atoms with Crippen LogP contribution in [0.3, 0.4) is 0 Å². The molecule has 2 heterocycles. The summed E-state index contributed by atoms with van der Waals surface area (Å²) in [5.41, 5.74) is 5.55. The molecule has 1 fully saturated rings. The van der Waals surface area contributed by atoms with Crippen molar-refractivity contribution >= 4 is 5.91 Å². The first-order valence-electron chi connectivity index (χ1n) is 7.38. The number of hydrogen-bond acceptors (Lipinski definition) is 5. The maximum atomic E-state index is 11.3. The average Bonchev–Trinajstić information content (AvgIpc) is 2.88. The van der Waals surface area contributed by atoms with Gasteiger partial charge in [-0.25, -0.2) is 0 Å². The fourth-order valence-corrected chi connectivity index (χ4v) is 2.51. The van der Waals surface area contributed by atoms with Crippen molar-refractivity contribution in [1.82, 2.24) is 0 Å². The van der Waals surface area contributed by atoms with Crippen molar-refractivity contribution in [3.63, 3.8) is 0 Å². The van der Waals surface area contributed by atoms with E-state index in [1.807, 2.05) is 0 Å². The molecule has 0 aromatic carbocycles. The highest BCUT2D eigenvalue weighted by atomic mass is 16.6. The van der Waals surface area contributed by atoms with E-state index < -0.39 is 30.4 Å². The second-order valence-corrected chi connectivity index (χ2v) is 5.29. The number of aliphatic hydroxyl groups is 2. The molecule has 7 nitrogen and oxygen atoms in total. The van der Waals surface area contributed by atoms with Crippen LogP contribution in [0.2, 0.25) is 0 Å². The average molecular weight is 321 g/mol. The normalized spacial score (nSPS) is 26.8. The van der Waals surface area contributed by atoms with Crippen LogP contribution >= 0.6 is 0 Å². The summed E-state index contributed by atoms with van der Waals surface area (Å²) in [6, 6.07) is 3.20. The summed E-state index contributed by atoms with van der Waals surface area (Å²) >= 11 is 0. The lowest BCUT2D eigenvalue weighted by atomic mass is 10.1. The SMILES string of the molecule is C#CCCCO[C@H]1[C@@H](O)[C@H]([n+]2cccc(C(N)=O)c2)O[C@@H]1CO. The quantitative estimate of drug-likeness (QED) is 0.344. The van der Waals surface area contributed by atoms with Crippen molar-refractivity contribution in [2.45, 2.75) is 37.4 Å². The van der Waals surface area contributed by atoms with Gasteiger partial charge in [-0.2, -0.15) is 4.57 Å². The summed E-state index contributed by atoms with van der Waals surface area (Å²) in [4.78, 5) is 11.3. The number of unbranched alkanes of at least 4 members (excludes halogenated alkanes) is 1. The Morgan fingerprint density at radius 3 is 3.00 bits per heavy atom. The smallest absolute Gasteiger partial charge is 0.292 e. The molecule has 124 valence electrons. The van der Waals surface area contributed by atoms with E-state index in [1.54, 1.807) is 18.3 Å². The first kappa shape index (κ1) is 17.4. The van der Waals surface area contributed by atoms with Crippen LogP contribution in [0.5, 0.6) is 0 Å². The molecule has 4 N–H and O–H groups in total. The van der Waals surface area contributed by atoms with Gasteiger partial charge < -0.3 is 25.4 Å². The van der Waals surface area contributed by atoms with Gasteiger partial charge in [0.25, 0.3) is 12.1 Å². The van der Waals surface area contributed by atoms with Gasteiger partial charge in [0.2, 0.25) is 0 Å². The first-order chi connectivity index (χ1) is 11.1. The highest BCUT2D eigenvalue weighted by Crippen LogP contribution is 2.27. The van der Waals surface area contributed by atoms with Gasteiger partial charge in [-0.05, 0) is 12.5 Å². The van der Waals surface area contributed by atoms with Gasteiger partial charge >= 0.3 is 0 Å². The fraction of sp³-hybridized carbons (Fsp3) is 0.500. The number of carbonyl (C=O) groups excluding carboxylic acids is 1. The Bertz CT molecular complexity index is 586. The maximum Gasteiger partial charge on any atom is 0.292 e. The van der Waals surface area contributed by atoms with Gasteiger partial charge in [0.05, 0.1) is 6.61 Å². The number of primary amides is 1. The van der Waals surface area contributed by atoms with Gasteiger partial charge in [0.1, 0.15) is 17.8 Å². The van der Waals surface area contributed by atoms with E-state index in [9.17, 15) is 15.0 Å². The van der Waals surface area contributed by atoms with Crippen molar-refractivity contribution in [3.8, 4) is 12.3 Å². The van der Waals surface area contributed by atoms with Gasteiger partial charge in [-0.15, -0.1) is 12.3 Å². The third kappa shape index (κ3) is 4.06. The van der Waals surface area contributed by atoms with Crippen LogP contribution in [-0.4, -0.2) is 47.6 Å². The molecule has 23 heavy (non-hydrogen) atoms. The summed E-state index contributed by atoms with van der Waals surface area (Å²) in [6.07, 6.45) is 6.45. The molecule has 1 saturated heterocycles. The number of aliphatic hydroxyl groups excluding tert-OH is 2. The highest BCUT2D eigenvalue weighted by molar-refractivity contribution is 5.92. The lowest BCUT2D eigenvalue weighted by Crippen LogP contribution is -2.47. The molecule has 7 heteroatoms. The second-order valence-electron chi connectivity index (χ2n) is 5.29. The Hall–Kier alpha value is -1.98. The Morgan fingerprint density at radius 1 is 1.57 bits per heavy atom. The molecule has 1 aliphatic heterocycles. The Labute approximate surface area is 134 Å². The Balaban J connectivity index is 2.10. The van der Waals surface area contributed by atoms with Crippen LogP contribution in [0.15, 0.2) is 24.5 Å². The van der Waals surface area contributed by atoms with E-state index in [2.05, 4.69) is 5.92 Å². The van der Waals surface area contributed by atoms with Crippen molar-refractivity contribution in [3.05, 3.63) is 30.1 Å². The number of pyridine rings is 1. The van der Waals surface area contributed by atoms with Gasteiger partial charge in [-0.3, -0.25) is 4.79 Å². The molecule has 0 aliphatic carbocycles. The highest BCUT2D eigenvalue weighted by Gasteiger charge is 2.49. The molecular weight excluding hydrogens is 300 g/mol.